The lowest BCUT2D eigenvalue weighted by molar-refractivity contribution is -0.127. The summed E-state index contributed by atoms with van der Waals surface area (Å²) in [5.74, 6) is 1.22. The number of ether oxygens (including phenoxy) is 1. The van der Waals surface area contributed by atoms with Crippen LogP contribution in [-0.2, 0) is 11.3 Å². The van der Waals surface area contributed by atoms with Crippen molar-refractivity contribution in [2.75, 3.05) is 19.9 Å². The number of benzene rings is 1. The molecule has 0 aliphatic heterocycles. The first kappa shape index (κ1) is 17.6. The number of amides is 1. The summed E-state index contributed by atoms with van der Waals surface area (Å²) in [6.07, 6.45) is 3.62. The highest BCUT2D eigenvalue weighted by atomic mass is 32.2. The van der Waals surface area contributed by atoms with Crippen molar-refractivity contribution in [2.24, 2.45) is 0 Å². The summed E-state index contributed by atoms with van der Waals surface area (Å²) in [4.78, 5) is 19.7. The summed E-state index contributed by atoms with van der Waals surface area (Å²) in [5, 5.41) is 2.80. The molecule has 0 aliphatic carbocycles. The van der Waals surface area contributed by atoms with Crippen molar-refractivity contribution in [3.8, 4) is 11.4 Å². The monoisotopic (exact) mass is 373 g/mol. The zero-order valence-electron chi connectivity index (χ0n) is 14.1. The Labute approximate surface area is 155 Å². The number of imidazole rings is 1. The maximum absolute atomic E-state index is 12.4. The number of rotatable bonds is 7. The molecule has 5 nitrogen and oxygen atoms in total. The highest BCUT2D eigenvalue weighted by molar-refractivity contribution is 7.99. The van der Waals surface area contributed by atoms with Gasteiger partial charge < -0.3 is 9.64 Å². The predicted molar refractivity (Wildman–Crippen MR) is 102 cm³/mol. The summed E-state index contributed by atoms with van der Waals surface area (Å²) in [7, 11) is 3.47. The van der Waals surface area contributed by atoms with Crippen molar-refractivity contribution in [3.63, 3.8) is 0 Å². The minimum absolute atomic E-state index is 0.0820. The smallest absolute Gasteiger partial charge is 0.233 e. The van der Waals surface area contributed by atoms with Crippen molar-refractivity contribution in [1.29, 1.82) is 0 Å². The number of thiophene rings is 1. The number of thioether (sulfide) groups is 1. The molecule has 130 valence electrons. The van der Waals surface area contributed by atoms with E-state index in [0.717, 1.165) is 16.6 Å². The van der Waals surface area contributed by atoms with Gasteiger partial charge in [-0.05, 0) is 23.6 Å². The summed E-state index contributed by atoms with van der Waals surface area (Å²) in [6, 6.07) is 11.8. The fourth-order valence-corrected chi connectivity index (χ4v) is 3.99. The molecule has 0 unspecified atom stereocenters. The lowest BCUT2D eigenvalue weighted by Gasteiger charge is -2.16. The fourth-order valence-electron chi connectivity index (χ4n) is 2.31. The maximum atomic E-state index is 12.4. The number of nitrogens with zero attached hydrogens (tertiary/aromatic N) is 3. The summed E-state index contributed by atoms with van der Waals surface area (Å²) >= 11 is 3.09. The van der Waals surface area contributed by atoms with Crippen LogP contribution < -0.4 is 4.74 Å². The lowest BCUT2D eigenvalue weighted by atomic mass is 10.3. The number of methoxy groups -OCH3 is 1. The Hall–Kier alpha value is -2.25. The van der Waals surface area contributed by atoms with E-state index in [2.05, 4.69) is 4.98 Å². The highest BCUT2D eigenvalue weighted by Crippen LogP contribution is 2.23. The van der Waals surface area contributed by atoms with Gasteiger partial charge in [-0.2, -0.15) is 0 Å². The van der Waals surface area contributed by atoms with Crippen LogP contribution in [0, 0.1) is 0 Å². The fraction of sp³-hybridized carbons (Fsp3) is 0.222. The molecule has 0 bridgehead atoms. The molecule has 25 heavy (non-hydrogen) atoms. The second-order valence-electron chi connectivity index (χ2n) is 5.40. The molecular formula is C18H19N3O2S2. The van der Waals surface area contributed by atoms with Crippen LogP contribution in [0.15, 0.2) is 59.3 Å². The summed E-state index contributed by atoms with van der Waals surface area (Å²) in [6.45, 7) is 0.640. The van der Waals surface area contributed by atoms with Crippen molar-refractivity contribution in [3.05, 3.63) is 59.0 Å². The Morgan fingerprint density at radius 1 is 1.36 bits per heavy atom. The average Bonchev–Trinajstić information content (AvgIpc) is 3.31. The molecule has 0 fully saturated rings. The van der Waals surface area contributed by atoms with Gasteiger partial charge in [0.2, 0.25) is 5.91 Å². The number of carbonyl (C=O) groups is 1. The van der Waals surface area contributed by atoms with E-state index in [9.17, 15) is 4.79 Å². The maximum Gasteiger partial charge on any atom is 0.233 e. The van der Waals surface area contributed by atoms with Gasteiger partial charge in [0.05, 0.1) is 25.1 Å². The van der Waals surface area contributed by atoms with Crippen LogP contribution in [0.3, 0.4) is 0 Å². The van der Waals surface area contributed by atoms with Crippen LogP contribution in [-0.4, -0.2) is 40.3 Å². The number of aromatic nitrogens is 2. The van der Waals surface area contributed by atoms with E-state index >= 15 is 0 Å². The van der Waals surface area contributed by atoms with E-state index in [1.54, 1.807) is 29.5 Å². The van der Waals surface area contributed by atoms with Gasteiger partial charge >= 0.3 is 0 Å². The first-order valence-corrected chi connectivity index (χ1v) is 9.61. The average molecular weight is 374 g/mol. The van der Waals surface area contributed by atoms with Gasteiger partial charge in [0, 0.05) is 30.4 Å². The third-order valence-corrected chi connectivity index (χ3v) is 5.47. The third-order valence-electron chi connectivity index (χ3n) is 3.66. The molecule has 0 N–H and O–H groups in total. The molecule has 0 radical (unpaired) electrons. The summed E-state index contributed by atoms with van der Waals surface area (Å²) < 4.78 is 7.23. The third kappa shape index (κ3) is 4.43. The van der Waals surface area contributed by atoms with E-state index in [1.807, 2.05) is 59.6 Å². The molecule has 2 aromatic heterocycles. The van der Waals surface area contributed by atoms with Crippen molar-refractivity contribution < 1.29 is 9.53 Å². The zero-order valence-corrected chi connectivity index (χ0v) is 15.7. The van der Waals surface area contributed by atoms with Crippen molar-refractivity contribution >= 4 is 29.0 Å². The van der Waals surface area contributed by atoms with Gasteiger partial charge in [-0.15, -0.1) is 11.3 Å². The highest BCUT2D eigenvalue weighted by Gasteiger charge is 2.13. The molecule has 1 amide bonds. The van der Waals surface area contributed by atoms with E-state index in [1.165, 1.54) is 16.6 Å². The van der Waals surface area contributed by atoms with E-state index in [-0.39, 0.29) is 5.91 Å². The quantitative estimate of drug-likeness (QED) is 0.593. The Morgan fingerprint density at radius 2 is 2.24 bits per heavy atom. The number of hydrogen-bond donors (Lipinski definition) is 0. The normalized spacial score (nSPS) is 10.6. The topological polar surface area (TPSA) is 47.4 Å². The van der Waals surface area contributed by atoms with Crippen LogP contribution >= 0.6 is 23.1 Å². The van der Waals surface area contributed by atoms with Gasteiger partial charge in [0.1, 0.15) is 5.75 Å². The zero-order chi connectivity index (χ0) is 17.6. The van der Waals surface area contributed by atoms with Crippen LogP contribution in [0.1, 0.15) is 4.88 Å². The van der Waals surface area contributed by atoms with Crippen LogP contribution in [0.2, 0.25) is 0 Å². The molecule has 7 heteroatoms. The Balaban J connectivity index is 1.64. The number of hydrogen-bond acceptors (Lipinski definition) is 5. The molecular weight excluding hydrogens is 354 g/mol. The Morgan fingerprint density at radius 3 is 3.00 bits per heavy atom. The van der Waals surface area contributed by atoms with E-state index in [0.29, 0.717) is 12.3 Å². The molecule has 0 atom stereocenters. The van der Waals surface area contributed by atoms with Crippen molar-refractivity contribution in [2.45, 2.75) is 11.7 Å². The standard InChI is InChI=1S/C18H19N3O2S2/c1-20(12-16-7-4-10-24-16)17(22)13-25-18-19-8-9-21(18)14-5-3-6-15(11-14)23-2/h3-11H,12-13H2,1-2H3. The number of carbonyl (C=O) groups excluding carboxylic acids is 1. The Bertz CT molecular complexity index is 830. The molecule has 0 saturated carbocycles. The van der Waals surface area contributed by atoms with Crippen LogP contribution in [0.5, 0.6) is 5.75 Å². The lowest BCUT2D eigenvalue weighted by Crippen LogP contribution is -2.27. The summed E-state index contributed by atoms with van der Waals surface area (Å²) in [5.41, 5.74) is 0.957. The van der Waals surface area contributed by atoms with E-state index in [4.69, 9.17) is 4.74 Å². The molecule has 0 aliphatic rings. The van der Waals surface area contributed by atoms with Gasteiger partial charge in [-0.25, -0.2) is 4.98 Å². The first-order valence-electron chi connectivity index (χ1n) is 7.74. The van der Waals surface area contributed by atoms with Gasteiger partial charge in [0.15, 0.2) is 5.16 Å². The molecule has 1 aromatic carbocycles. The second-order valence-corrected chi connectivity index (χ2v) is 7.37. The van der Waals surface area contributed by atoms with Gasteiger partial charge in [-0.3, -0.25) is 9.36 Å². The SMILES string of the molecule is COc1cccc(-n2ccnc2SCC(=O)N(C)Cc2cccs2)c1. The Kier molecular flexibility index (Phi) is 5.78. The molecule has 2 heterocycles. The van der Waals surface area contributed by atoms with Gasteiger partial charge in [0.25, 0.3) is 0 Å². The van der Waals surface area contributed by atoms with Crippen LogP contribution in [0.25, 0.3) is 5.69 Å². The largest absolute Gasteiger partial charge is 0.497 e. The van der Waals surface area contributed by atoms with Crippen molar-refractivity contribution in [1.82, 2.24) is 14.5 Å². The van der Waals surface area contributed by atoms with E-state index < -0.39 is 0 Å². The second kappa shape index (κ2) is 8.22. The van der Waals surface area contributed by atoms with Gasteiger partial charge in [-0.1, -0.05) is 23.9 Å². The molecule has 0 spiro atoms. The molecule has 0 saturated heterocycles. The molecule has 3 aromatic rings. The minimum Gasteiger partial charge on any atom is -0.497 e. The molecule has 3 rings (SSSR count). The predicted octanol–water partition coefficient (Wildman–Crippen LogP) is 3.69. The first-order chi connectivity index (χ1) is 12.2. The minimum atomic E-state index is 0.0820. The van der Waals surface area contributed by atoms with Crippen LogP contribution in [0.4, 0.5) is 0 Å².